The number of nitrogens with zero attached hydrogens (tertiary/aromatic N) is 4. The van der Waals surface area contributed by atoms with Gasteiger partial charge in [0, 0.05) is 5.75 Å². The van der Waals surface area contributed by atoms with Gasteiger partial charge >= 0.3 is 5.97 Å². The Morgan fingerprint density at radius 3 is 2.93 bits per heavy atom. The summed E-state index contributed by atoms with van der Waals surface area (Å²) in [5.41, 5.74) is 3.16. The lowest BCUT2D eigenvalue weighted by molar-refractivity contribution is -0.137. The lowest BCUT2D eigenvalue weighted by atomic mass is 10.1. The molecule has 0 atom stereocenters. The minimum absolute atomic E-state index is 0.308. The Kier molecular flexibility index (Phi) is 5.40. The van der Waals surface area contributed by atoms with Crippen LogP contribution in [-0.2, 0) is 9.53 Å². The molecule has 3 aromatic rings. The molecule has 0 spiro atoms. The van der Waals surface area contributed by atoms with Crippen molar-refractivity contribution >= 4 is 40.9 Å². The van der Waals surface area contributed by atoms with E-state index in [1.165, 1.54) is 11.8 Å². The predicted octanol–water partition coefficient (Wildman–Crippen LogP) is 4.27. The monoisotopic (exact) mass is 410 g/mol. The number of esters is 1. The fourth-order valence-electron chi connectivity index (χ4n) is 2.81. The highest BCUT2D eigenvalue weighted by Gasteiger charge is 2.25. The van der Waals surface area contributed by atoms with Gasteiger partial charge in [-0.05, 0) is 36.9 Å². The average Bonchev–Trinajstić information content (AvgIpc) is 3.35. The highest BCUT2D eigenvalue weighted by molar-refractivity contribution is 7.99. The molecule has 28 heavy (non-hydrogen) atoms. The maximum atomic E-state index is 12.7. The summed E-state index contributed by atoms with van der Waals surface area (Å²) in [5, 5.41) is 15.9. The van der Waals surface area contributed by atoms with Crippen LogP contribution in [0.1, 0.15) is 18.1 Å². The molecule has 1 aromatic carbocycles. The van der Waals surface area contributed by atoms with Crippen LogP contribution in [-0.4, -0.2) is 38.9 Å². The Bertz CT molecular complexity index is 1070. The molecule has 0 unspecified atom stereocenters. The molecule has 4 rings (SSSR count). The van der Waals surface area contributed by atoms with Crippen LogP contribution >= 0.6 is 23.1 Å². The number of carbonyl (C=O) groups is 1. The first-order valence-corrected chi connectivity index (χ1v) is 10.7. The van der Waals surface area contributed by atoms with Gasteiger partial charge in [-0.2, -0.15) is 9.78 Å². The third-order valence-corrected chi connectivity index (χ3v) is 5.87. The molecular weight excluding hydrogens is 392 g/mol. The van der Waals surface area contributed by atoms with Crippen LogP contribution < -0.4 is 0 Å². The van der Waals surface area contributed by atoms with Crippen molar-refractivity contribution in [2.45, 2.75) is 19.0 Å². The van der Waals surface area contributed by atoms with Gasteiger partial charge in [-0.1, -0.05) is 47.7 Å². The molecule has 3 heterocycles. The highest BCUT2D eigenvalue weighted by atomic mass is 32.2. The van der Waals surface area contributed by atoms with Crippen molar-refractivity contribution in [1.29, 1.82) is 0 Å². The Hall–Kier alpha value is -2.71. The minimum Gasteiger partial charge on any atom is -0.462 e. The number of carbonyl (C=O) groups excluding carboxylic acids is 1. The Morgan fingerprint density at radius 2 is 2.18 bits per heavy atom. The van der Waals surface area contributed by atoms with Crippen molar-refractivity contribution in [3.63, 3.8) is 0 Å². The molecule has 0 N–H and O–H groups in total. The van der Waals surface area contributed by atoms with Gasteiger partial charge in [0.15, 0.2) is 5.82 Å². The van der Waals surface area contributed by atoms with E-state index in [9.17, 15) is 4.79 Å². The van der Waals surface area contributed by atoms with Crippen LogP contribution in [0, 0.1) is 6.92 Å². The number of fused-ring (bicyclic) bond motifs is 1. The number of thiophene rings is 1. The second kappa shape index (κ2) is 8.12. The fourth-order valence-corrected chi connectivity index (χ4v) is 4.34. The van der Waals surface area contributed by atoms with E-state index in [2.05, 4.69) is 10.2 Å². The van der Waals surface area contributed by atoms with Crippen molar-refractivity contribution in [3.05, 3.63) is 58.5 Å². The van der Waals surface area contributed by atoms with Crippen LogP contribution in [0.25, 0.3) is 16.8 Å². The topological polar surface area (TPSA) is 69.4 Å². The molecular formula is C20H18N4O2S2. The average molecular weight is 411 g/mol. The molecule has 0 radical (unpaired) electrons. The van der Waals surface area contributed by atoms with Crippen molar-refractivity contribution < 1.29 is 9.53 Å². The van der Waals surface area contributed by atoms with Crippen molar-refractivity contribution in [2.24, 2.45) is 5.10 Å². The molecule has 1 aliphatic rings. The van der Waals surface area contributed by atoms with Crippen molar-refractivity contribution in [3.8, 4) is 10.7 Å². The summed E-state index contributed by atoms with van der Waals surface area (Å²) in [5.74, 6) is 0.824. The Labute approximate surface area is 171 Å². The van der Waals surface area contributed by atoms with Gasteiger partial charge < -0.3 is 4.74 Å². The summed E-state index contributed by atoms with van der Waals surface area (Å²) >= 11 is 3.08. The number of thioether (sulfide) groups is 1. The van der Waals surface area contributed by atoms with Gasteiger partial charge in [0.25, 0.3) is 0 Å². The van der Waals surface area contributed by atoms with E-state index in [4.69, 9.17) is 9.84 Å². The smallest absolute Gasteiger partial charge is 0.340 e. The summed E-state index contributed by atoms with van der Waals surface area (Å²) in [7, 11) is 0. The standard InChI is InChI=1S/C20H18N4O2S2/c1-3-26-19(25)15(11-14-7-4-6-13(2)10-14)16-12-28-20-22-21-18(24(20)23-16)17-8-5-9-27-17/h4-11H,3,12H2,1-2H3/b15-11-. The molecule has 0 fully saturated rings. The number of hydrogen-bond donors (Lipinski definition) is 0. The van der Waals surface area contributed by atoms with Crippen LogP contribution in [0.3, 0.4) is 0 Å². The molecule has 8 heteroatoms. The van der Waals surface area contributed by atoms with Crippen molar-refractivity contribution in [2.75, 3.05) is 12.4 Å². The first-order valence-electron chi connectivity index (χ1n) is 8.81. The summed E-state index contributed by atoms with van der Waals surface area (Å²) in [6, 6.07) is 11.9. The summed E-state index contributed by atoms with van der Waals surface area (Å²) < 4.78 is 7.00. The Balaban J connectivity index is 1.78. The van der Waals surface area contributed by atoms with Gasteiger partial charge in [-0.25, -0.2) is 4.79 Å². The maximum Gasteiger partial charge on any atom is 0.340 e. The number of rotatable bonds is 5. The van der Waals surface area contributed by atoms with Gasteiger partial charge in [-0.3, -0.25) is 0 Å². The molecule has 0 saturated heterocycles. The molecule has 6 nitrogen and oxygen atoms in total. The van der Waals surface area contributed by atoms with Crippen molar-refractivity contribution in [1.82, 2.24) is 14.9 Å². The normalized spacial score (nSPS) is 13.8. The third kappa shape index (κ3) is 3.79. The molecule has 2 aromatic heterocycles. The first-order chi connectivity index (χ1) is 13.7. The fraction of sp³-hybridized carbons (Fsp3) is 0.200. The van der Waals surface area contributed by atoms with Gasteiger partial charge in [0.05, 0.1) is 22.8 Å². The molecule has 0 aliphatic carbocycles. The van der Waals surface area contributed by atoms with E-state index >= 15 is 0 Å². The van der Waals surface area contributed by atoms with Crippen LogP contribution in [0.4, 0.5) is 0 Å². The SMILES string of the molecule is CCOC(=O)/C(=C\c1cccc(C)c1)C1=Nn2c(nnc2-c2cccs2)SC1. The maximum absolute atomic E-state index is 12.7. The number of benzene rings is 1. The zero-order valence-electron chi connectivity index (χ0n) is 15.5. The second-order valence-corrected chi connectivity index (χ2v) is 8.01. The zero-order chi connectivity index (χ0) is 19.5. The Morgan fingerprint density at radius 1 is 1.29 bits per heavy atom. The number of hydrogen-bond acceptors (Lipinski definition) is 7. The molecule has 0 bridgehead atoms. The van der Waals surface area contributed by atoms with E-state index in [1.54, 1.807) is 22.9 Å². The third-order valence-electron chi connectivity index (χ3n) is 4.07. The predicted molar refractivity (Wildman–Crippen MR) is 113 cm³/mol. The van der Waals surface area contributed by atoms with Gasteiger partial charge in [0.2, 0.25) is 5.16 Å². The lowest BCUT2D eigenvalue weighted by Gasteiger charge is -2.15. The van der Waals surface area contributed by atoms with Crippen LogP contribution in [0.2, 0.25) is 0 Å². The molecule has 142 valence electrons. The summed E-state index contributed by atoms with van der Waals surface area (Å²) in [6.45, 7) is 4.13. The molecule has 0 saturated carbocycles. The van der Waals surface area contributed by atoms with E-state index < -0.39 is 0 Å². The lowest BCUT2D eigenvalue weighted by Crippen LogP contribution is -2.21. The quantitative estimate of drug-likeness (QED) is 0.464. The van der Waals surface area contributed by atoms with Gasteiger partial charge in [-0.15, -0.1) is 21.5 Å². The number of aryl methyl sites for hydroxylation is 1. The van der Waals surface area contributed by atoms with E-state index in [-0.39, 0.29) is 5.97 Å². The number of ether oxygens (including phenoxy) is 1. The zero-order valence-corrected chi connectivity index (χ0v) is 17.1. The molecule has 0 amide bonds. The highest BCUT2D eigenvalue weighted by Crippen LogP contribution is 2.31. The van der Waals surface area contributed by atoms with Gasteiger partial charge in [0.1, 0.15) is 0 Å². The van der Waals surface area contributed by atoms with Crippen LogP contribution in [0.5, 0.6) is 0 Å². The summed E-state index contributed by atoms with van der Waals surface area (Å²) in [6.07, 6.45) is 1.84. The van der Waals surface area contributed by atoms with E-state index in [1.807, 2.05) is 54.8 Å². The first kappa shape index (κ1) is 18.6. The minimum atomic E-state index is -0.377. The number of aromatic nitrogens is 3. The molecule has 1 aliphatic heterocycles. The summed E-state index contributed by atoms with van der Waals surface area (Å²) in [4.78, 5) is 13.7. The second-order valence-electron chi connectivity index (χ2n) is 6.12. The van der Waals surface area contributed by atoms with E-state index in [0.29, 0.717) is 34.6 Å². The van der Waals surface area contributed by atoms with E-state index in [0.717, 1.165) is 16.0 Å². The largest absolute Gasteiger partial charge is 0.462 e. The van der Waals surface area contributed by atoms with Crippen LogP contribution in [0.15, 0.2) is 57.6 Å².